The van der Waals surface area contributed by atoms with Crippen molar-refractivity contribution >= 4 is 51.6 Å². The number of nitrogens with zero attached hydrogens (tertiary/aromatic N) is 4. The first-order valence-electron chi connectivity index (χ1n) is 11.2. The van der Waals surface area contributed by atoms with Crippen molar-refractivity contribution in [3.8, 4) is 11.6 Å². The lowest BCUT2D eigenvalue weighted by molar-refractivity contribution is 0.0695. The van der Waals surface area contributed by atoms with Gasteiger partial charge in [0.25, 0.3) is 0 Å². The normalized spacial score (nSPS) is 15.4. The molecular formula is C25H21Cl2N5O4. The fourth-order valence-electron chi connectivity index (χ4n) is 4.44. The van der Waals surface area contributed by atoms with Crippen LogP contribution in [-0.4, -0.2) is 44.8 Å². The summed E-state index contributed by atoms with van der Waals surface area (Å²) in [5, 5.41) is 10.6. The number of aromatic carboxylic acids is 1. The second-order valence-corrected chi connectivity index (χ2v) is 9.21. The Morgan fingerprint density at radius 3 is 2.75 bits per heavy atom. The van der Waals surface area contributed by atoms with Crippen molar-refractivity contribution in [3.05, 3.63) is 80.8 Å². The van der Waals surface area contributed by atoms with Crippen molar-refractivity contribution in [2.24, 2.45) is 0 Å². The number of carboxylic acids is 1. The highest BCUT2D eigenvalue weighted by Gasteiger charge is 2.28. The number of nitrogen functional groups attached to an aromatic ring is 1. The van der Waals surface area contributed by atoms with Gasteiger partial charge in [0.05, 0.1) is 34.2 Å². The molecule has 11 heteroatoms. The molecule has 9 nitrogen and oxygen atoms in total. The first-order valence-corrected chi connectivity index (χ1v) is 11.9. The summed E-state index contributed by atoms with van der Waals surface area (Å²) in [6, 6.07) is 10.1. The van der Waals surface area contributed by atoms with E-state index in [1.54, 1.807) is 41.1 Å². The van der Waals surface area contributed by atoms with Crippen molar-refractivity contribution in [3.63, 3.8) is 0 Å². The number of anilines is 2. The maximum Gasteiger partial charge on any atom is 0.341 e. The van der Waals surface area contributed by atoms with Gasteiger partial charge >= 0.3 is 5.97 Å². The molecule has 3 N–H and O–H groups in total. The summed E-state index contributed by atoms with van der Waals surface area (Å²) in [5.74, 6) is -0.648. The Kier molecular flexibility index (Phi) is 6.42. The predicted molar refractivity (Wildman–Crippen MR) is 139 cm³/mol. The number of carbonyl (C=O) groups is 1. The van der Waals surface area contributed by atoms with Crippen LogP contribution in [0.1, 0.15) is 23.2 Å². The molecule has 1 aromatic carbocycles. The number of hydrogen-bond acceptors (Lipinski definition) is 7. The number of aromatic nitrogens is 3. The molecule has 3 aromatic heterocycles. The molecule has 0 aliphatic carbocycles. The van der Waals surface area contributed by atoms with E-state index in [9.17, 15) is 14.7 Å². The molecule has 5 rings (SSSR count). The molecule has 1 aliphatic heterocycles. The Bertz CT molecular complexity index is 1520. The monoisotopic (exact) mass is 525 g/mol. The average molecular weight is 526 g/mol. The minimum atomic E-state index is -1.33. The number of pyridine rings is 3. The van der Waals surface area contributed by atoms with E-state index in [0.29, 0.717) is 45.2 Å². The van der Waals surface area contributed by atoms with Crippen molar-refractivity contribution in [2.75, 3.05) is 23.8 Å². The molecule has 4 aromatic rings. The van der Waals surface area contributed by atoms with E-state index < -0.39 is 11.4 Å². The summed E-state index contributed by atoms with van der Waals surface area (Å²) in [5.41, 5.74) is 6.50. The molecule has 0 radical (unpaired) electrons. The van der Waals surface area contributed by atoms with Crippen LogP contribution in [-0.2, 0) is 0 Å². The van der Waals surface area contributed by atoms with Gasteiger partial charge in [-0.2, -0.15) is 0 Å². The zero-order valence-electron chi connectivity index (χ0n) is 18.9. The second kappa shape index (κ2) is 9.67. The number of hydrogen-bond donors (Lipinski definition) is 2. The van der Waals surface area contributed by atoms with Crippen LogP contribution in [0, 0.1) is 0 Å². The van der Waals surface area contributed by atoms with Gasteiger partial charge in [0, 0.05) is 24.3 Å². The van der Waals surface area contributed by atoms with Crippen LogP contribution in [0.3, 0.4) is 0 Å². The maximum absolute atomic E-state index is 13.0. The minimum absolute atomic E-state index is 0.00493. The lowest BCUT2D eigenvalue weighted by Crippen LogP contribution is -2.34. The fraction of sp³-hybridized carbons (Fsp3) is 0.200. The third kappa shape index (κ3) is 4.43. The molecule has 1 fully saturated rings. The van der Waals surface area contributed by atoms with E-state index in [-0.39, 0.29) is 17.0 Å². The van der Waals surface area contributed by atoms with Crippen LogP contribution in [0.4, 0.5) is 11.5 Å². The molecule has 1 unspecified atom stereocenters. The van der Waals surface area contributed by atoms with Crippen molar-refractivity contribution in [1.82, 2.24) is 14.5 Å². The molecule has 1 aliphatic rings. The Labute approximate surface area is 215 Å². The van der Waals surface area contributed by atoms with Crippen molar-refractivity contribution in [2.45, 2.75) is 18.9 Å². The Morgan fingerprint density at radius 2 is 2.03 bits per heavy atom. The van der Waals surface area contributed by atoms with E-state index in [4.69, 9.17) is 33.7 Å². The highest BCUT2D eigenvalue weighted by Crippen LogP contribution is 2.36. The summed E-state index contributed by atoms with van der Waals surface area (Å²) >= 11 is 12.9. The molecule has 1 saturated heterocycles. The molecule has 0 amide bonds. The molecule has 4 heterocycles. The Balaban J connectivity index is 1.59. The van der Waals surface area contributed by atoms with E-state index >= 15 is 0 Å². The SMILES string of the molecule is Nc1ccc(-n2cc(C(=O)O)c(=O)c3cc(Cl)c(N4CCCC4COc4ncccc4Cl)cc32)cn1. The van der Waals surface area contributed by atoms with Crippen molar-refractivity contribution < 1.29 is 14.6 Å². The number of halogens is 2. The number of rotatable bonds is 6. The van der Waals surface area contributed by atoms with Gasteiger partial charge in [0.1, 0.15) is 23.0 Å². The zero-order chi connectivity index (χ0) is 25.4. The predicted octanol–water partition coefficient (Wildman–Crippen LogP) is 4.42. The van der Waals surface area contributed by atoms with Gasteiger partial charge in [-0.3, -0.25) is 4.79 Å². The number of benzene rings is 1. The van der Waals surface area contributed by atoms with E-state index in [1.807, 2.05) is 0 Å². The van der Waals surface area contributed by atoms with E-state index in [1.165, 1.54) is 18.5 Å². The lowest BCUT2D eigenvalue weighted by atomic mass is 10.1. The summed E-state index contributed by atoms with van der Waals surface area (Å²) in [6.45, 7) is 1.08. The van der Waals surface area contributed by atoms with Gasteiger partial charge in [-0.05, 0) is 49.2 Å². The first kappa shape index (κ1) is 23.9. The van der Waals surface area contributed by atoms with Gasteiger partial charge in [-0.15, -0.1) is 0 Å². The van der Waals surface area contributed by atoms with Gasteiger partial charge in [0.2, 0.25) is 11.3 Å². The number of nitrogens with two attached hydrogens (primary N) is 1. The number of ether oxygens (including phenoxy) is 1. The topological polar surface area (TPSA) is 124 Å². The smallest absolute Gasteiger partial charge is 0.341 e. The van der Waals surface area contributed by atoms with Crippen LogP contribution in [0.5, 0.6) is 5.88 Å². The van der Waals surface area contributed by atoms with Crippen LogP contribution in [0.15, 0.2) is 59.8 Å². The van der Waals surface area contributed by atoms with Gasteiger partial charge in [0.15, 0.2) is 0 Å². The summed E-state index contributed by atoms with van der Waals surface area (Å²) in [7, 11) is 0. The van der Waals surface area contributed by atoms with Crippen LogP contribution in [0.2, 0.25) is 10.0 Å². The van der Waals surface area contributed by atoms with Crippen molar-refractivity contribution in [1.29, 1.82) is 0 Å². The first-order chi connectivity index (χ1) is 17.3. The van der Waals surface area contributed by atoms with Gasteiger partial charge in [-0.1, -0.05) is 23.2 Å². The standard InChI is InChI=1S/C25H21Cl2N5O4/c26-18-4-1-7-29-24(18)36-13-15-3-2-8-31(15)21-10-20-16(9-19(21)27)23(33)17(25(34)35)12-32(20)14-5-6-22(28)30-11-14/h1,4-7,9-12,15H,2-3,8,13H2,(H2,28,30)(H,34,35). The molecule has 0 saturated carbocycles. The molecule has 0 spiro atoms. The Morgan fingerprint density at radius 1 is 1.19 bits per heavy atom. The van der Waals surface area contributed by atoms with Crippen LogP contribution < -0.4 is 20.8 Å². The Hall–Kier alpha value is -3.82. The molecule has 184 valence electrons. The van der Waals surface area contributed by atoms with Gasteiger partial charge < -0.3 is 25.0 Å². The third-order valence-corrected chi connectivity index (χ3v) is 6.77. The van der Waals surface area contributed by atoms with E-state index in [2.05, 4.69) is 14.9 Å². The van der Waals surface area contributed by atoms with Crippen LogP contribution in [0.25, 0.3) is 16.6 Å². The number of fused-ring (bicyclic) bond motifs is 1. The second-order valence-electron chi connectivity index (χ2n) is 8.40. The molecule has 36 heavy (non-hydrogen) atoms. The zero-order valence-corrected chi connectivity index (χ0v) is 20.4. The van der Waals surface area contributed by atoms with Gasteiger partial charge in [-0.25, -0.2) is 14.8 Å². The van der Waals surface area contributed by atoms with E-state index in [0.717, 1.165) is 19.4 Å². The van der Waals surface area contributed by atoms with Crippen LogP contribution >= 0.6 is 23.2 Å². The highest BCUT2D eigenvalue weighted by molar-refractivity contribution is 6.34. The molecule has 1 atom stereocenters. The average Bonchev–Trinajstić information content (AvgIpc) is 3.32. The summed E-state index contributed by atoms with van der Waals surface area (Å²) in [6.07, 6.45) is 6.22. The molecule has 0 bridgehead atoms. The minimum Gasteiger partial charge on any atom is -0.477 e. The number of carboxylic acid groups (broad SMARTS) is 1. The quantitative estimate of drug-likeness (QED) is 0.379. The fourth-order valence-corrected chi connectivity index (χ4v) is 4.89. The summed E-state index contributed by atoms with van der Waals surface area (Å²) < 4.78 is 7.51. The molecular weight excluding hydrogens is 505 g/mol. The summed E-state index contributed by atoms with van der Waals surface area (Å²) in [4.78, 5) is 35.2. The maximum atomic E-state index is 13.0. The largest absolute Gasteiger partial charge is 0.477 e. The third-order valence-electron chi connectivity index (χ3n) is 6.18. The lowest BCUT2D eigenvalue weighted by Gasteiger charge is -2.28. The highest BCUT2D eigenvalue weighted by atomic mass is 35.5.